The van der Waals surface area contributed by atoms with Gasteiger partial charge in [-0.25, -0.2) is 4.79 Å². The Morgan fingerprint density at radius 1 is 1.30 bits per heavy atom. The van der Waals surface area contributed by atoms with Gasteiger partial charge in [-0.1, -0.05) is 0 Å². The minimum atomic E-state index is -0.437. The van der Waals surface area contributed by atoms with Crippen LogP contribution in [0, 0.1) is 19.8 Å². The molecule has 1 fully saturated rings. The molecule has 130 valence electrons. The van der Waals surface area contributed by atoms with Crippen molar-refractivity contribution in [3.05, 3.63) is 23.5 Å². The third-order valence-corrected chi connectivity index (χ3v) is 4.42. The van der Waals surface area contributed by atoms with Gasteiger partial charge < -0.3 is 15.1 Å². The predicted octanol–water partition coefficient (Wildman–Crippen LogP) is 3.68. The van der Waals surface area contributed by atoms with Gasteiger partial charge in [-0.3, -0.25) is 4.68 Å². The second-order valence-electron chi connectivity index (χ2n) is 7.70. The molecule has 2 unspecified atom stereocenters. The molecule has 1 saturated heterocycles. The molecule has 0 bridgehead atoms. The SMILES string of the molecule is Cc1ccc(C)n1NC(C)C1CCCN(C(=O)OC(C)(C)C)C1. The molecule has 1 aliphatic rings. The molecule has 1 aromatic rings. The van der Waals surface area contributed by atoms with E-state index in [4.69, 9.17) is 4.74 Å². The minimum Gasteiger partial charge on any atom is -0.444 e. The number of amides is 1. The quantitative estimate of drug-likeness (QED) is 0.923. The van der Waals surface area contributed by atoms with Crippen molar-refractivity contribution >= 4 is 6.09 Å². The summed E-state index contributed by atoms with van der Waals surface area (Å²) in [6, 6.07) is 4.52. The van der Waals surface area contributed by atoms with Crippen molar-refractivity contribution in [2.75, 3.05) is 18.5 Å². The van der Waals surface area contributed by atoms with Crippen LogP contribution in [-0.2, 0) is 4.74 Å². The van der Waals surface area contributed by atoms with Crippen LogP contribution in [0.15, 0.2) is 12.1 Å². The molecule has 1 N–H and O–H groups in total. The molecule has 0 spiro atoms. The second-order valence-corrected chi connectivity index (χ2v) is 7.70. The van der Waals surface area contributed by atoms with Gasteiger partial charge in [0, 0.05) is 30.5 Å². The number of rotatable bonds is 3. The molecule has 2 atom stereocenters. The molecule has 2 heterocycles. The topological polar surface area (TPSA) is 46.5 Å². The van der Waals surface area contributed by atoms with E-state index in [0.29, 0.717) is 12.0 Å². The number of piperidine rings is 1. The molecule has 5 nitrogen and oxygen atoms in total. The van der Waals surface area contributed by atoms with Crippen LogP contribution in [0.25, 0.3) is 0 Å². The van der Waals surface area contributed by atoms with Crippen LogP contribution in [0.4, 0.5) is 4.79 Å². The van der Waals surface area contributed by atoms with Gasteiger partial charge in [-0.15, -0.1) is 0 Å². The Bertz CT molecular complexity index is 525. The van der Waals surface area contributed by atoms with Crippen molar-refractivity contribution in [1.82, 2.24) is 9.58 Å². The number of nitrogens with zero attached hydrogens (tertiary/aromatic N) is 2. The van der Waals surface area contributed by atoms with Gasteiger partial charge in [0.15, 0.2) is 0 Å². The molecule has 1 aromatic heterocycles. The fourth-order valence-corrected chi connectivity index (χ4v) is 3.09. The maximum absolute atomic E-state index is 12.3. The zero-order chi connectivity index (χ0) is 17.2. The van der Waals surface area contributed by atoms with Crippen molar-refractivity contribution in [3.63, 3.8) is 0 Å². The Kier molecular flexibility index (Phi) is 5.27. The van der Waals surface area contributed by atoms with Crippen LogP contribution in [0.5, 0.6) is 0 Å². The van der Waals surface area contributed by atoms with Crippen LogP contribution in [0.1, 0.15) is 51.9 Å². The highest BCUT2D eigenvalue weighted by molar-refractivity contribution is 5.68. The summed E-state index contributed by atoms with van der Waals surface area (Å²) in [6.45, 7) is 13.7. The summed E-state index contributed by atoms with van der Waals surface area (Å²) in [6.07, 6.45) is 1.97. The summed E-state index contributed by atoms with van der Waals surface area (Å²) in [5, 5.41) is 0. The van der Waals surface area contributed by atoms with E-state index in [1.54, 1.807) is 0 Å². The van der Waals surface area contributed by atoms with Gasteiger partial charge in [0.1, 0.15) is 5.60 Å². The predicted molar refractivity (Wildman–Crippen MR) is 93.3 cm³/mol. The smallest absolute Gasteiger partial charge is 0.410 e. The normalized spacial score (nSPS) is 20.3. The fraction of sp³-hybridized carbons (Fsp3) is 0.722. The Balaban J connectivity index is 1.96. The molecule has 0 aliphatic carbocycles. The number of ether oxygens (including phenoxy) is 1. The Labute approximate surface area is 140 Å². The number of hydrogen-bond donors (Lipinski definition) is 1. The van der Waals surface area contributed by atoms with Gasteiger partial charge in [-0.05, 0) is 72.4 Å². The minimum absolute atomic E-state index is 0.192. The van der Waals surface area contributed by atoms with Crippen molar-refractivity contribution in [2.24, 2.45) is 5.92 Å². The van der Waals surface area contributed by atoms with E-state index in [1.807, 2.05) is 25.7 Å². The average Bonchev–Trinajstić information content (AvgIpc) is 2.77. The summed E-state index contributed by atoms with van der Waals surface area (Å²) >= 11 is 0. The molecule has 5 heteroatoms. The molecule has 0 saturated carbocycles. The number of aromatic nitrogens is 1. The Morgan fingerprint density at radius 2 is 1.91 bits per heavy atom. The van der Waals surface area contributed by atoms with Crippen molar-refractivity contribution in [3.8, 4) is 0 Å². The van der Waals surface area contributed by atoms with Crippen molar-refractivity contribution < 1.29 is 9.53 Å². The molecule has 2 rings (SSSR count). The molecule has 0 aromatic carbocycles. The number of hydrogen-bond acceptors (Lipinski definition) is 3. The van der Waals surface area contributed by atoms with E-state index >= 15 is 0 Å². The molecule has 1 amide bonds. The van der Waals surface area contributed by atoms with Crippen LogP contribution >= 0.6 is 0 Å². The van der Waals surface area contributed by atoms with Gasteiger partial charge in [0.25, 0.3) is 0 Å². The molecular weight excluding hydrogens is 290 g/mol. The van der Waals surface area contributed by atoms with Crippen LogP contribution in [0.3, 0.4) is 0 Å². The highest BCUT2D eigenvalue weighted by atomic mass is 16.6. The first-order valence-electron chi connectivity index (χ1n) is 8.57. The Hall–Kier alpha value is -1.65. The van der Waals surface area contributed by atoms with E-state index in [2.05, 4.69) is 43.0 Å². The lowest BCUT2D eigenvalue weighted by Crippen LogP contribution is -2.47. The molecule has 1 aliphatic heterocycles. The number of aryl methyl sites for hydroxylation is 2. The zero-order valence-corrected chi connectivity index (χ0v) is 15.3. The van der Waals surface area contributed by atoms with Crippen LogP contribution in [-0.4, -0.2) is 40.4 Å². The van der Waals surface area contributed by atoms with E-state index < -0.39 is 5.60 Å². The molecular formula is C18H31N3O2. The van der Waals surface area contributed by atoms with Crippen LogP contribution in [0.2, 0.25) is 0 Å². The molecule has 0 radical (unpaired) electrons. The van der Waals surface area contributed by atoms with Gasteiger partial charge in [0.05, 0.1) is 0 Å². The number of carbonyl (C=O) groups excluding carboxylic acids is 1. The van der Waals surface area contributed by atoms with Crippen molar-refractivity contribution in [2.45, 2.75) is 66.0 Å². The lowest BCUT2D eigenvalue weighted by molar-refractivity contribution is 0.0157. The van der Waals surface area contributed by atoms with Gasteiger partial charge in [-0.2, -0.15) is 0 Å². The summed E-state index contributed by atoms with van der Waals surface area (Å²) < 4.78 is 7.65. The first-order chi connectivity index (χ1) is 10.7. The van der Waals surface area contributed by atoms with Crippen molar-refractivity contribution in [1.29, 1.82) is 0 Å². The first-order valence-corrected chi connectivity index (χ1v) is 8.57. The average molecular weight is 321 g/mol. The van der Waals surface area contributed by atoms with Crippen LogP contribution < -0.4 is 5.43 Å². The van der Waals surface area contributed by atoms with Gasteiger partial charge >= 0.3 is 6.09 Å². The third kappa shape index (κ3) is 4.66. The number of nitrogens with one attached hydrogen (secondary N) is 1. The first kappa shape index (κ1) is 17.7. The molecule has 23 heavy (non-hydrogen) atoms. The Morgan fingerprint density at radius 3 is 2.48 bits per heavy atom. The highest BCUT2D eigenvalue weighted by Gasteiger charge is 2.30. The number of carbonyl (C=O) groups is 1. The lowest BCUT2D eigenvalue weighted by Gasteiger charge is -2.37. The largest absolute Gasteiger partial charge is 0.444 e. The lowest BCUT2D eigenvalue weighted by atomic mass is 9.92. The third-order valence-electron chi connectivity index (χ3n) is 4.42. The van der Waals surface area contributed by atoms with E-state index in [9.17, 15) is 4.79 Å². The maximum atomic E-state index is 12.3. The fourth-order valence-electron chi connectivity index (χ4n) is 3.09. The summed E-state index contributed by atoms with van der Waals surface area (Å²) in [5.74, 6) is 0.428. The number of likely N-dealkylation sites (tertiary alicyclic amines) is 1. The highest BCUT2D eigenvalue weighted by Crippen LogP contribution is 2.22. The monoisotopic (exact) mass is 321 g/mol. The summed E-state index contributed by atoms with van der Waals surface area (Å²) in [7, 11) is 0. The summed E-state index contributed by atoms with van der Waals surface area (Å²) in [4.78, 5) is 14.1. The van der Waals surface area contributed by atoms with Gasteiger partial charge in [0.2, 0.25) is 0 Å². The summed E-state index contributed by atoms with van der Waals surface area (Å²) in [5.41, 5.74) is 5.54. The van der Waals surface area contributed by atoms with E-state index in [-0.39, 0.29) is 6.09 Å². The second kappa shape index (κ2) is 6.85. The van der Waals surface area contributed by atoms with E-state index in [0.717, 1.165) is 25.9 Å². The zero-order valence-electron chi connectivity index (χ0n) is 15.3. The standard InChI is InChI=1S/C18H31N3O2/c1-13-9-10-14(2)21(13)19-15(3)16-8-7-11-20(12-16)17(22)23-18(4,5)6/h9-10,15-16,19H,7-8,11-12H2,1-6H3. The maximum Gasteiger partial charge on any atom is 0.410 e. The van der Waals surface area contributed by atoms with E-state index in [1.165, 1.54) is 11.4 Å².